The molecule has 0 N–H and O–H groups in total. The summed E-state index contributed by atoms with van der Waals surface area (Å²) in [5.74, 6) is -1.15. The van der Waals surface area contributed by atoms with Crippen molar-refractivity contribution in [1.29, 1.82) is 0 Å². The van der Waals surface area contributed by atoms with E-state index < -0.39 is 28.1 Å². The molecule has 192 valence electrons. The van der Waals surface area contributed by atoms with Crippen LogP contribution in [0.25, 0.3) is 0 Å². The second-order valence-corrected chi connectivity index (χ2v) is 16.2. The van der Waals surface area contributed by atoms with Crippen molar-refractivity contribution in [2.24, 2.45) is 0 Å². The minimum absolute atomic E-state index is 0.0864. The zero-order valence-corrected chi connectivity index (χ0v) is 25.4. The van der Waals surface area contributed by atoms with Gasteiger partial charge in [0.05, 0.1) is 0 Å². The summed E-state index contributed by atoms with van der Waals surface area (Å²) in [5, 5.41) is -1.05. The van der Waals surface area contributed by atoms with Gasteiger partial charge in [0.2, 0.25) is 0 Å². The van der Waals surface area contributed by atoms with E-state index in [1.165, 1.54) is 0 Å². The average Bonchev–Trinajstić information content (AvgIpc) is 2.73. The molecule has 4 unspecified atom stereocenters. The van der Waals surface area contributed by atoms with E-state index in [4.69, 9.17) is 58.9 Å². The number of alkyl halides is 3. The molecule has 0 aliphatic heterocycles. The van der Waals surface area contributed by atoms with Crippen molar-refractivity contribution < 1.29 is 28.7 Å². The van der Waals surface area contributed by atoms with Gasteiger partial charge in [-0.3, -0.25) is 0 Å². The Bertz CT molecular complexity index is 681. The van der Waals surface area contributed by atoms with Crippen LogP contribution in [0.15, 0.2) is 24.3 Å². The number of halogens is 3. The van der Waals surface area contributed by atoms with Gasteiger partial charge in [-0.05, 0) is 0 Å². The molecule has 7 nitrogen and oxygen atoms in total. The van der Waals surface area contributed by atoms with E-state index in [9.17, 15) is 4.57 Å². The second-order valence-electron chi connectivity index (χ2n) is 7.53. The summed E-state index contributed by atoms with van der Waals surface area (Å²) >= 11 is 13.8. The van der Waals surface area contributed by atoms with Crippen molar-refractivity contribution in [3.63, 3.8) is 0 Å². The molecule has 4 atom stereocenters. The molecule has 0 aromatic heterocycles. The quantitative estimate of drug-likeness (QED) is 0.111. The van der Waals surface area contributed by atoms with Gasteiger partial charge >= 0.3 is 218 Å². The Morgan fingerprint density at radius 1 is 0.818 bits per heavy atom. The van der Waals surface area contributed by atoms with Crippen molar-refractivity contribution in [3.8, 4) is 0 Å². The Kier molecular flexibility index (Phi) is 15.0. The van der Waals surface area contributed by atoms with Crippen LogP contribution >= 0.6 is 42.4 Å². The predicted octanol–water partition coefficient (Wildman–Crippen LogP) is 6.64. The van der Waals surface area contributed by atoms with Crippen molar-refractivity contribution in [3.05, 3.63) is 35.4 Å². The molecule has 33 heavy (non-hydrogen) atoms. The zero-order chi connectivity index (χ0) is 25.1. The van der Waals surface area contributed by atoms with Crippen LogP contribution in [-0.2, 0) is 28.7 Å². The molecule has 0 heterocycles. The first kappa shape index (κ1) is 31.7. The maximum atomic E-state index is 13.9. The Hall–Kier alpha value is 0.623. The van der Waals surface area contributed by atoms with E-state index in [0.717, 1.165) is 5.56 Å². The van der Waals surface area contributed by atoms with Crippen LogP contribution in [0.5, 0.6) is 0 Å². The molecule has 0 radical (unpaired) electrons. The standard InChI is InChI=1S/C21H36Cl3GeO7P/c1-7-30-33(26,31-8-2)21(20-11-9-16(3)10-12-20)32-25(27-13-17(4)22,28-14-18(5)23)29-15-19(6)24/h9-12,17-19,21H,7-8,13-15H2,1-6H3. The van der Waals surface area contributed by atoms with Gasteiger partial charge in [0, 0.05) is 0 Å². The van der Waals surface area contributed by atoms with Crippen LogP contribution < -0.4 is 0 Å². The van der Waals surface area contributed by atoms with Gasteiger partial charge in [0.15, 0.2) is 0 Å². The first-order chi connectivity index (χ1) is 15.5. The normalized spacial score (nSPS) is 17.8. The summed E-state index contributed by atoms with van der Waals surface area (Å²) in [4.78, 5) is 0. The molecule has 0 amide bonds. The fraction of sp³-hybridized carbons (Fsp3) is 0.714. The van der Waals surface area contributed by atoms with Crippen LogP contribution in [-0.4, -0.2) is 63.8 Å². The number of hydrogen-bond donors (Lipinski definition) is 0. The molecule has 0 fully saturated rings. The van der Waals surface area contributed by atoms with E-state index >= 15 is 0 Å². The van der Waals surface area contributed by atoms with Gasteiger partial charge in [-0.2, -0.15) is 0 Å². The van der Waals surface area contributed by atoms with E-state index in [-0.39, 0.29) is 49.2 Å². The van der Waals surface area contributed by atoms with Gasteiger partial charge in [0.25, 0.3) is 0 Å². The fourth-order valence-electron chi connectivity index (χ4n) is 2.59. The maximum absolute atomic E-state index is 13.9. The van der Waals surface area contributed by atoms with Crippen LogP contribution in [0.2, 0.25) is 0 Å². The van der Waals surface area contributed by atoms with Gasteiger partial charge in [0.1, 0.15) is 0 Å². The van der Waals surface area contributed by atoms with Gasteiger partial charge in [-0.1, -0.05) is 0 Å². The molecule has 0 aliphatic carbocycles. The minimum atomic E-state index is -4.65. The van der Waals surface area contributed by atoms with Gasteiger partial charge < -0.3 is 0 Å². The fourth-order valence-corrected chi connectivity index (χ4v) is 11.3. The molecule has 12 heteroatoms. The van der Waals surface area contributed by atoms with Crippen LogP contribution in [0.4, 0.5) is 0 Å². The van der Waals surface area contributed by atoms with Crippen molar-refractivity contribution in [2.45, 2.75) is 63.5 Å². The van der Waals surface area contributed by atoms with Crippen LogP contribution in [0.1, 0.15) is 51.6 Å². The molecular weight excluding hydrogens is 574 g/mol. The van der Waals surface area contributed by atoms with E-state index in [1.54, 1.807) is 46.8 Å². The summed E-state index contributed by atoms with van der Waals surface area (Å²) in [7, 11) is -3.82. The van der Waals surface area contributed by atoms with Crippen LogP contribution in [0.3, 0.4) is 0 Å². The summed E-state index contributed by atoms with van der Waals surface area (Å²) in [6.07, 6.45) is 0. The first-order valence-electron chi connectivity index (χ1n) is 10.9. The predicted molar refractivity (Wildman–Crippen MR) is 135 cm³/mol. The molecule has 0 aliphatic rings. The van der Waals surface area contributed by atoms with Gasteiger partial charge in [-0.25, -0.2) is 0 Å². The summed E-state index contributed by atoms with van der Waals surface area (Å²) in [5.41, 5.74) is 1.60. The van der Waals surface area contributed by atoms with E-state index in [1.807, 2.05) is 19.1 Å². The van der Waals surface area contributed by atoms with Crippen molar-refractivity contribution >= 4 is 57.0 Å². The molecule has 0 saturated heterocycles. The third-order valence-corrected chi connectivity index (χ3v) is 11.4. The van der Waals surface area contributed by atoms with Crippen molar-refractivity contribution in [1.82, 2.24) is 0 Å². The van der Waals surface area contributed by atoms with Crippen LogP contribution in [0, 0.1) is 6.92 Å². The monoisotopic (exact) mass is 610 g/mol. The van der Waals surface area contributed by atoms with E-state index in [2.05, 4.69) is 0 Å². The zero-order valence-electron chi connectivity index (χ0n) is 20.1. The van der Waals surface area contributed by atoms with Gasteiger partial charge in [-0.15, -0.1) is 0 Å². The molecular formula is C21H36Cl3GeO7P. The molecule has 0 saturated carbocycles. The Balaban J connectivity index is 3.53. The third kappa shape index (κ3) is 11.5. The summed E-state index contributed by atoms with van der Waals surface area (Å²) in [6.45, 7) is 11.3. The topological polar surface area (TPSA) is 72.5 Å². The number of benzene rings is 1. The summed E-state index contributed by atoms with van der Waals surface area (Å²) in [6, 6.07) is 7.37. The second kappa shape index (κ2) is 15.7. The molecule has 0 bridgehead atoms. The molecule has 1 aromatic carbocycles. The summed E-state index contributed by atoms with van der Waals surface area (Å²) < 4.78 is 49.8. The Morgan fingerprint density at radius 2 is 1.21 bits per heavy atom. The molecule has 1 rings (SSSR count). The molecule has 0 spiro atoms. The first-order valence-corrected chi connectivity index (χ1v) is 17.3. The van der Waals surface area contributed by atoms with Crippen molar-refractivity contribution in [2.75, 3.05) is 33.0 Å². The van der Waals surface area contributed by atoms with E-state index in [0.29, 0.717) is 5.56 Å². The third-order valence-electron chi connectivity index (χ3n) is 3.99. The SMILES string of the molecule is CCOP(=O)(OCC)C([O][Ge]([O]CC(C)Cl)([O]CC(C)Cl)[O]CC(C)Cl)c1ccc(C)cc1. The number of hydrogen-bond acceptors (Lipinski definition) is 7. The number of rotatable bonds is 17. The Labute approximate surface area is 216 Å². The number of aryl methyl sites for hydroxylation is 1. The average molecular weight is 610 g/mol. The molecule has 1 aromatic rings. The Morgan fingerprint density at radius 3 is 1.55 bits per heavy atom.